The number of hydrogen-bond donors (Lipinski definition) is 1. The number of Topliss-reactive ketones (excluding diaryl/α,β-unsaturated/α-hetero) is 2. The highest BCUT2D eigenvalue weighted by Gasteiger charge is 2.22. The molecule has 0 saturated carbocycles. The van der Waals surface area contributed by atoms with Gasteiger partial charge in [0.25, 0.3) is 0 Å². The standard InChI is InChI=1S/C11H13NO2/c1-7(13)8-6-12-9-4-2-3-5-10(14)11(8)9/h6,12H,2-5H2,1H3. The predicted octanol–water partition coefficient (Wildman–Crippen LogP) is 2.13. The minimum Gasteiger partial charge on any atom is -0.364 e. The summed E-state index contributed by atoms with van der Waals surface area (Å²) in [7, 11) is 0. The molecule has 1 aliphatic carbocycles. The van der Waals surface area contributed by atoms with Crippen LogP contribution >= 0.6 is 0 Å². The zero-order valence-electron chi connectivity index (χ0n) is 8.22. The van der Waals surface area contributed by atoms with Crippen LogP contribution in [0, 0.1) is 0 Å². The van der Waals surface area contributed by atoms with Crippen molar-refractivity contribution in [1.82, 2.24) is 4.98 Å². The molecule has 74 valence electrons. The number of carbonyl (C=O) groups excluding carboxylic acids is 2. The second kappa shape index (κ2) is 3.40. The van der Waals surface area contributed by atoms with Crippen LogP contribution in [0.3, 0.4) is 0 Å². The van der Waals surface area contributed by atoms with Gasteiger partial charge < -0.3 is 4.98 Å². The Morgan fingerprint density at radius 2 is 2.07 bits per heavy atom. The molecule has 2 rings (SSSR count). The fraction of sp³-hybridized carbons (Fsp3) is 0.455. The van der Waals surface area contributed by atoms with Crippen molar-refractivity contribution in [2.24, 2.45) is 0 Å². The predicted molar refractivity (Wildman–Crippen MR) is 52.7 cm³/mol. The number of ketones is 2. The van der Waals surface area contributed by atoms with Gasteiger partial charge in [0.2, 0.25) is 0 Å². The summed E-state index contributed by atoms with van der Waals surface area (Å²) >= 11 is 0. The molecule has 0 spiro atoms. The molecule has 14 heavy (non-hydrogen) atoms. The van der Waals surface area contributed by atoms with Crippen LogP contribution in [0.5, 0.6) is 0 Å². The number of aromatic nitrogens is 1. The monoisotopic (exact) mass is 191 g/mol. The Bertz CT molecular complexity index is 390. The van der Waals surface area contributed by atoms with Gasteiger partial charge in [-0.1, -0.05) is 0 Å². The first-order chi connectivity index (χ1) is 6.70. The summed E-state index contributed by atoms with van der Waals surface area (Å²) < 4.78 is 0. The van der Waals surface area contributed by atoms with Crippen molar-refractivity contribution >= 4 is 11.6 Å². The lowest BCUT2D eigenvalue weighted by atomic mass is 10.0. The Labute approximate surface area is 82.5 Å². The van der Waals surface area contributed by atoms with E-state index in [4.69, 9.17) is 0 Å². The number of nitrogens with one attached hydrogen (secondary N) is 1. The summed E-state index contributed by atoms with van der Waals surface area (Å²) in [5.74, 6) is 0.0849. The molecule has 3 nitrogen and oxygen atoms in total. The SMILES string of the molecule is CC(=O)c1c[nH]c2c1C(=O)CCCC2. The van der Waals surface area contributed by atoms with Gasteiger partial charge in [-0.15, -0.1) is 0 Å². The van der Waals surface area contributed by atoms with E-state index in [1.807, 2.05) is 0 Å². The third kappa shape index (κ3) is 1.39. The Morgan fingerprint density at radius 3 is 2.79 bits per heavy atom. The van der Waals surface area contributed by atoms with Crippen molar-refractivity contribution in [3.8, 4) is 0 Å². The molecule has 0 fully saturated rings. The van der Waals surface area contributed by atoms with Gasteiger partial charge in [-0.25, -0.2) is 0 Å². The normalized spacial score (nSPS) is 16.2. The minimum atomic E-state index is -0.0299. The molecule has 0 atom stereocenters. The maximum absolute atomic E-state index is 11.7. The molecule has 1 heterocycles. The summed E-state index contributed by atoms with van der Waals surface area (Å²) in [5, 5.41) is 0. The van der Waals surface area contributed by atoms with Gasteiger partial charge in [0, 0.05) is 29.4 Å². The molecule has 0 radical (unpaired) electrons. The molecule has 1 aromatic rings. The summed E-state index contributed by atoms with van der Waals surface area (Å²) in [6.07, 6.45) is 5.07. The average molecular weight is 191 g/mol. The van der Waals surface area contributed by atoms with E-state index in [0.717, 1.165) is 25.0 Å². The van der Waals surface area contributed by atoms with E-state index in [2.05, 4.69) is 4.98 Å². The van der Waals surface area contributed by atoms with Crippen LogP contribution in [-0.2, 0) is 6.42 Å². The lowest BCUT2D eigenvalue weighted by Crippen LogP contribution is -2.04. The summed E-state index contributed by atoms with van der Waals surface area (Å²) in [5.41, 5.74) is 2.15. The van der Waals surface area contributed by atoms with Crippen molar-refractivity contribution < 1.29 is 9.59 Å². The highest BCUT2D eigenvalue weighted by molar-refractivity contribution is 6.09. The average Bonchev–Trinajstić information content (AvgIpc) is 2.48. The van der Waals surface area contributed by atoms with Crippen molar-refractivity contribution in [2.75, 3.05) is 0 Å². The number of carbonyl (C=O) groups is 2. The second-order valence-electron chi connectivity index (χ2n) is 3.74. The molecule has 0 aromatic carbocycles. The lowest BCUT2D eigenvalue weighted by molar-refractivity contribution is 0.0962. The van der Waals surface area contributed by atoms with Crippen molar-refractivity contribution in [1.29, 1.82) is 0 Å². The molecule has 1 aromatic heterocycles. The maximum Gasteiger partial charge on any atom is 0.165 e. The quantitative estimate of drug-likeness (QED) is 0.546. The zero-order valence-corrected chi connectivity index (χ0v) is 8.22. The fourth-order valence-corrected chi connectivity index (χ4v) is 1.97. The van der Waals surface area contributed by atoms with E-state index in [1.165, 1.54) is 6.92 Å². The lowest BCUT2D eigenvalue weighted by Gasteiger charge is -1.98. The number of aryl methyl sites for hydroxylation is 1. The molecule has 1 aliphatic rings. The first kappa shape index (κ1) is 9.19. The number of H-pyrrole nitrogens is 1. The molecule has 0 saturated heterocycles. The van der Waals surface area contributed by atoms with Gasteiger partial charge in [-0.3, -0.25) is 9.59 Å². The molecule has 0 bridgehead atoms. The first-order valence-corrected chi connectivity index (χ1v) is 4.94. The molecule has 3 heteroatoms. The largest absolute Gasteiger partial charge is 0.364 e. The smallest absolute Gasteiger partial charge is 0.165 e. The Hall–Kier alpha value is -1.38. The van der Waals surface area contributed by atoms with E-state index in [9.17, 15) is 9.59 Å². The van der Waals surface area contributed by atoms with Crippen molar-refractivity contribution in [3.63, 3.8) is 0 Å². The van der Waals surface area contributed by atoms with Crippen LogP contribution in [0.2, 0.25) is 0 Å². The van der Waals surface area contributed by atoms with E-state index in [0.29, 0.717) is 17.5 Å². The third-order valence-electron chi connectivity index (χ3n) is 2.70. The topological polar surface area (TPSA) is 49.9 Å². The summed E-state index contributed by atoms with van der Waals surface area (Å²) in [6.45, 7) is 1.50. The van der Waals surface area contributed by atoms with Gasteiger partial charge in [-0.2, -0.15) is 0 Å². The van der Waals surface area contributed by atoms with Crippen molar-refractivity contribution in [3.05, 3.63) is 23.0 Å². The van der Waals surface area contributed by atoms with Crippen LogP contribution < -0.4 is 0 Å². The van der Waals surface area contributed by atoms with Crippen molar-refractivity contribution in [2.45, 2.75) is 32.6 Å². The van der Waals surface area contributed by atoms with E-state index in [-0.39, 0.29) is 11.6 Å². The number of hydrogen-bond acceptors (Lipinski definition) is 2. The highest BCUT2D eigenvalue weighted by Crippen LogP contribution is 2.23. The molecular weight excluding hydrogens is 178 g/mol. The highest BCUT2D eigenvalue weighted by atomic mass is 16.1. The molecule has 0 unspecified atom stereocenters. The van der Waals surface area contributed by atoms with Gasteiger partial charge >= 0.3 is 0 Å². The maximum atomic E-state index is 11.7. The third-order valence-corrected chi connectivity index (χ3v) is 2.70. The molecule has 0 aliphatic heterocycles. The molecular formula is C11H13NO2. The van der Waals surface area contributed by atoms with Crippen LogP contribution in [0.4, 0.5) is 0 Å². The van der Waals surface area contributed by atoms with E-state index in [1.54, 1.807) is 6.20 Å². The van der Waals surface area contributed by atoms with Gasteiger partial charge in [-0.05, 0) is 26.2 Å². The van der Waals surface area contributed by atoms with Crippen LogP contribution in [0.1, 0.15) is 52.6 Å². The first-order valence-electron chi connectivity index (χ1n) is 4.94. The number of aromatic amines is 1. The number of fused-ring (bicyclic) bond motifs is 1. The van der Waals surface area contributed by atoms with Crippen LogP contribution in [-0.4, -0.2) is 16.6 Å². The Morgan fingerprint density at radius 1 is 1.36 bits per heavy atom. The zero-order chi connectivity index (χ0) is 10.1. The van der Waals surface area contributed by atoms with E-state index >= 15 is 0 Å². The fourth-order valence-electron chi connectivity index (χ4n) is 1.97. The molecule has 0 amide bonds. The van der Waals surface area contributed by atoms with Gasteiger partial charge in [0.15, 0.2) is 11.6 Å². The second-order valence-corrected chi connectivity index (χ2v) is 3.74. The summed E-state index contributed by atoms with van der Waals surface area (Å²) in [4.78, 5) is 26.0. The van der Waals surface area contributed by atoms with Crippen LogP contribution in [0.25, 0.3) is 0 Å². The van der Waals surface area contributed by atoms with E-state index < -0.39 is 0 Å². The van der Waals surface area contributed by atoms with Gasteiger partial charge in [0.05, 0.1) is 0 Å². The number of rotatable bonds is 1. The van der Waals surface area contributed by atoms with Crippen LogP contribution in [0.15, 0.2) is 6.20 Å². The van der Waals surface area contributed by atoms with Gasteiger partial charge in [0.1, 0.15) is 0 Å². The Kier molecular flexibility index (Phi) is 2.23. The summed E-state index contributed by atoms with van der Waals surface area (Å²) in [6, 6.07) is 0. The minimum absolute atomic E-state index is 0.0299. The molecule has 1 N–H and O–H groups in total. The Balaban J connectivity index is 2.52.